The summed E-state index contributed by atoms with van der Waals surface area (Å²) in [6.07, 6.45) is 0. The van der Waals surface area contributed by atoms with Gasteiger partial charge >= 0.3 is 0 Å². The fourth-order valence-electron chi connectivity index (χ4n) is 1.15. The van der Waals surface area contributed by atoms with Crippen molar-refractivity contribution in [3.8, 4) is 0 Å². The lowest BCUT2D eigenvalue weighted by molar-refractivity contribution is 0.714. The van der Waals surface area contributed by atoms with Gasteiger partial charge in [0.2, 0.25) is 0 Å². The van der Waals surface area contributed by atoms with Crippen molar-refractivity contribution in [3.05, 3.63) is 20.8 Å². The summed E-state index contributed by atoms with van der Waals surface area (Å²) in [7, 11) is -1.14. The highest BCUT2D eigenvalue weighted by Crippen LogP contribution is 2.39. The van der Waals surface area contributed by atoms with E-state index in [1.807, 2.05) is 11.3 Å². The first kappa shape index (κ1) is 12.5. The monoisotopic (exact) mass is 290 g/mol. The van der Waals surface area contributed by atoms with Gasteiger partial charge in [0.05, 0.1) is 11.9 Å². The Labute approximate surface area is 101 Å². The highest BCUT2D eigenvalue weighted by Gasteiger charge is 2.35. The van der Waals surface area contributed by atoms with Crippen LogP contribution in [0.5, 0.6) is 0 Å². The summed E-state index contributed by atoms with van der Waals surface area (Å²) in [6.45, 7) is 12.1. The van der Waals surface area contributed by atoms with Gasteiger partial charge in [-0.3, -0.25) is 0 Å². The Morgan fingerprint density at radius 1 is 1.29 bits per heavy atom. The van der Waals surface area contributed by atoms with Crippen LogP contribution in [0.15, 0.2) is 15.9 Å². The van der Waals surface area contributed by atoms with Gasteiger partial charge in [-0.2, -0.15) is 0 Å². The van der Waals surface area contributed by atoms with Gasteiger partial charge in [-0.15, -0.1) is 11.3 Å². The van der Waals surface area contributed by atoms with E-state index in [1.54, 1.807) is 0 Å². The third-order valence-corrected chi connectivity index (χ3v) is 10.5. The zero-order valence-corrected chi connectivity index (χ0v) is 13.1. The van der Waals surface area contributed by atoms with Crippen LogP contribution < -0.4 is 0 Å². The van der Waals surface area contributed by atoms with Crippen LogP contribution in [0, 0.1) is 0 Å². The lowest BCUT2D eigenvalue weighted by Crippen LogP contribution is -2.39. The quantitative estimate of drug-likeness (QED) is 0.665. The van der Waals surface area contributed by atoms with Crippen LogP contribution in [0.2, 0.25) is 18.1 Å². The minimum Gasteiger partial charge on any atom is -0.134 e. The molecule has 0 saturated carbocycles. The summed E-state index contributed by atoms with van der Waals surface area (Å²) in [6, 6.07) is 5.72. The van der Waals surface area contributed by atoms with Crippen molar-refractivity contribution in [1.29, 1.82) is 0 Å². The van der Waals surface area contributed by atoms with Gasteiger partial charge in [0, 0.05) is 4.88 Å². The highest BCUT2D eigenvalue weighted by molar-refractivity contribution is 9.11. The van der Waals surface area contributed by atoms with Gasteiger partial charge in [-0.25, -0.2) is 0 Å². The normalized spacial score (nSPS) is 13.3. The molecule has 0 nitrogen and oxygen atoms in total. The minimum absolute atomic E-state index is 0.490. The van der Waals surface area contributed by atoms with Gasteiger partial charge in [-0.1, -0.05) is 33.9 Å². The molecule has 1 rings (SSSR count). The van der Waals surface area contributed by atoms with Gasteiger partial charge in [0.1, 0.15) is 0 Å². The van der Waals surface area contributed by atoms with Crippen LogP contribution >= 0.6 is 27.3 Å². The second-order valence-electron chi connectivity index (χ2n) is 5.52. The molecule has 0 aliphatic rings. The van der Waals surface area contributed by atoms with E-state index in [0.717, 1.165) is 0 Å². The Morgan fingerprint density at radius 3 is 2.21 bits per heavy atom. The third kappa shape index (κ3) is 2.94. The van der Waals surface area contributed by atoms with Crippen LogP contribution in [0.25, 0.3) is 0 Å². The third-order valence-electron chi connectivity index (χ3n) is 3.28. The van der Waals surface area contributed by atoms with E-state index < -0.39 is 8.07 Å². The molecule has 0 aliphatic heterocycles. The van der Waals surface area contributed by atoms with E-state index in [-0.39, 0.29) is 0 Å². The van der Waals surface area contributed by atoms with Crippen molar-refractivity contribution in [1.82, 2.24) is 0 Å². The maximum absolute atomic E-state index is 3.52. The van der Waals surface area contributed by atoms with Crippen LogP contribution in [-0.4, -0.2) is 8.07 Å². The number of hydrogen-bond acceptors (Lipinski definition) is 1. The molecule has 0 amide bonds. The number of rotatable bonds is 2. The Morgan fingerprint density at radius 2 is 1.86 bits per heavy atom. The van der Waals surface area contributed by atoms with Crippen molar-refractivity contribution in [2.24, 2.45) is 0 Å². The zero-order chi connectivity index (χ0) is 11.0. The van der Waals surface area contributed by atoms with Crippen LogP contribution in [0.4, 0.5) is 0 Å². The van der Waals surface area contributed by atoms with Gasteiger partial charge < -0.3 is 0 Å². The van der Waals surface area contributed by atoms with E-state index in [4.69, 9.17) is 0 Å². The Balaban J connectivity index is 2.78. The second-order valence-corrected chi connectivity index (χ2v) is 13.7. The van der Waals surface area contributed by atoms with Gasteiger partial charge in [-0.05, 0) is 39.1 Å². The smallest absolute Gasteiger partial charge is 0.0701 e. The Bertz CT molecular complexity index is 309. The van der Waals surface area contributed by atoms with Crippen molar-refractivity contribution in [2.75, 3.05) is 0 Å². The Kier molecular flexibility index (Phi) is 3.65. The molecule has 1 heterocycles. The first-order valence-corrected chi connectivity index (χ1v) is 9.78. The van der Waals surface area contributed by atoms with E-state index in [1.165, 1.54) is 14.7 Å². The molecule has 0 spiro atoms. The van der Waals surface area contributed by atoms with Crippen LogP contribution in [0.3, 0.4) is 0 Å². The number of halogens is 1. The molecule has 0 saturated heterocycles. The zero-order valence-electron chi connectivity index (χ0n) is 9.65. The molecular formula is C11H19BrSSi. The summed E-state index contributed by atoms with van der Waals surface area (Å²) in [4.78, 5) is 1.53. The predicted molar refractivity (Wildman–Crippen MR) is 72.9 cm³/mol. The van der Waals surface area contributed by atoms with Crippen molar-refractivity contribution >= 4 is 35.3 Å². The highest BCUT2D eigenvalue weighted by atomic mass is 79.9. The molecule has 0 aliphatic carbocycles. The van der Waals surface area contributed by atoms with Crippen molar-refractivity contribution < 1.29 is 0 Å². The number of hydrogen-bond donors (Lipinski definition) is 0. The summed E-state index contributed by atoms with van der Waals surface area (Å²) >= 11 is 5.41. The molecule has 1 aromatic rings. The van der Waals surface area contributed by atoms with E-state index in [0.29, 0.717) is 5.04 Å². The molecule has 0 unspecified atom stereocenters. The molecule has 3 heteroatoms. The first-order chi connectivity index (χ1) is 6.22. The summed E-state index contributed by atoms with van der Waals surface area (Å²) < 4.78 is 1.26. The lowest BCUT2D eigenvalue weighted by Gasteiger charge is -2.36. The summed E-state index contributed by atoms with van der Waals surface area (Å²) in [5.74, 6) is 0. The largest absolute Gasteiger partial charge is 0.134 e. The van der Waals surface area contributed by atoms with Crippen LogP contribution in [0.1, 0.15) is 25.6 Å². The second kappa shape index (κ2) is 4.10. The van der Waals surface area contributed by atoms with E-state index >= 15 is 0 Å². The molecular weight excluding hydrogens is 272 g/mol. The first-order valence-electron chi connectivity index (χ1n) is 4.97. The molecule has 1 aromatic heterocycles. The molecule has 0 N–H and O–H groups in total. The SMILES string of the molecule is CC(C)(C)[Si](C)(C)Cc1ccc(Br)s1. The van der Waals surface area contributed by atoms with Crippen molar-refractivity contribution in [3.63, 3.8) is 0 Å². The molecule has 0 atom stereocenters. The van der Waals surface area contributed by atoms with E-state index in [2.05, 4.69) is 61.9 Å². The maximum atomic E-state index is 3.52. The number of thiophene rings is 1. The molecule has 0 radical (unpaired) electrons. The average Bonchev–Trinajstić information content (AvgIpc) is 2.31. The lowest BCUT2D eigenvalue weighted by atomic mass is 10.2. The van der Waals surface area contributed by atoms with Crippen molar-refractivity contribution in [2.45, 2.75) is 44.9 Å². The standard InChI is InChI=1S/C11H19BrSSi/c1-11(2,3)14(4,5)8-9-6-7-10(12)13-9/h6-7H,8H2,1-5H3. The fraction of sp³-hybridized carbons (Fsp3) is 0.636. The topological polar surface area (TPSA) is 0 Å². The predicted octanol–water partition coefficient (Wildman–Crippen LogP) is 5.10. The summed E-state index contributed by atoms with van der Waals surface area (Å²) in [5.41, 5.74) is 0. The van der Waals surface area contributed by atoms with E-state index in [9.17, 15) is 0 Å². The minimum atomic E-state index is -1.14. The summed E-state index contributed by atoms with van der Waals surface area (Å²) in [5, 5.41) is 0.490. The fourth-order valence-corrected chi connectivity index (χ4v) is 5.32. The average molecular weight is 291 g/mol. The van der Waals surface area contributed by atoms with Gasteiger partial charge in [0.25, 0.3) is 0 Å². The molecule has 0 bridgehead atoms. The Hall–Kier alpha value is 0.397. The van der Waals surface area contributed by atoms with Crippen LogP contribution in [-0.2, 0) is 6.04 Å². The molecule has 0 fully saturated rings. The molecule has 80 valence electrons. The molecule has 14 heavy (non-hydrogen) atoms. The van der Waals surface area contributed by atoms with Gasteiger partial charge in [0.15, 0.2) is 0 Å². The molecule has 0 aromatic carbocycles. The maximum Gasteiger partial charge on any atom is 0.0701 e.